The number of nitrogens with one attached hydrogen (secondary N) is 1. The standard InChI is InChI=1S/C22H29N5O2/c1-28-18-6-2-16(3-7-18)14-26-9-8-20-19(15-26)21(23-17-4-5-17)25-22(24-20)27-10-12-29-13-11-27/h2-3,6-7,17H,4-5,8-15H2,1H3,(H,23,24,25). The monoisotopic (exact) mass is 395 g/mol. The Hall–Kier alpha value is -2.38. The Morgan fingerprint density at radius 3 is 2.62 bits per heavy atom. The van der Waals surface area contributed by atoms with E-state index >= 15 is 0 Å². The SMILES string of the molecule is COc1ccc(CN2CCc3nc(N4CCOCC4)nc(NC4CC4)c3C2)cc1. The van der Waals surface area contributed by atoms with Crippen LogP contribution in [0.25, 0.3) is 0 Å². The zero-order valence-corrected chi connectivity index (χ0v) is 17.1. The molecule has 3 aliphatic rings. The third-order valence-electron chi connectivity index (χ3n) is 5.90. The molecule has 154 valence electrons. The van der Waals surface area contributed by atoms with E-state index in [0.717, 1.165) is 69.9 Å². The van der Waals surface area contributed by atoms with Crippen LogP contribution in [0.4, 0.5) is 11.8 Å². The maximum absolute atomic E-state index is 5.50. The molecule has 1 aromatic carbocycles. The highest BCUT2D eigenvalue weighted by Gasteiger charge is 2.28. The lowest BCUT2D eigenvalue weighted by Gasteiger charge is -2.32. The number of anilines is 2. The summed E-state index contributed by atoms with van der Waals surface area (Å²) in [7, 11) is 1.70. The van der Waals surface area contributed by atoms with Crippen molar-refractivity contribution in [1.29, 1.82) is 0 Å². The van der Waals surface area contributed by atoms with Crippen LogP contribution in [0.15, 0.2) is 24.3 Å². The van der Waals surface area contributed by atoms with Crippen LogP contribution in [0.3, 0.4) is 0 Å². The average molecular weight is 396 g/mol. The lowest BCUT2D eigenvalue weighted by molar-refractivity contribution is 0.122. The van der Waals surface area contributed by atoms with Gasteiger partial charge in [0.2, 0.25) is 5.95 Å². The zero-order chi connectivity index (χ0) is 19.6. The minimum absolute atomic E-state index is 0.573. The fourth-order valence-electron chi connectivity index (χ4n) is 4.03. The average Bonchev–Trinajstić information content (AvgIpc) is 3.59. The fourth-order valence-corrected chi connectivity index (χ4v) is 4.03. The molecule has 0 unspecified atom stereocenters. The van der Waals surface area contributed by atoms with Crippen LogP contribution in [-0.4, -0.2) is 60.9 Å². The summed E-state index contributed by atoms with van der Waals surface area (Å²) in [5.74, 6) is 2.80. The summed E-state index contributed by atoms with van der Waals surface area (Å²) in [5, 5.41) is 3.67. The second-order valence-corrected chi connectivity index (χ2v) is 8.12. The van der Waals surface area contributed by atoms with Crippen LogP contribution in [-0.2, 0) is 24.2 Å². The minimum atomic E-state index is 0.573. The fraction of sp³-hybridized carbons (Fsp3) is 0.545. The first-order chi connectivity index (χ1) is 14.3. The number of benzene rings is 1. The molecule has 3 heterocycles. The van der Waals surface area contributed by atoms with Gasteiger partial charge in [-0.05, 0) is 30.5 Å². The number of rotatable bonds is 6. The van der Waals surface area contributed by atoms with Crippen molar-refractivity contribution in [2.45, 2.75) is 38.4 Å². The number of morpholine rings is 1. The molecule has 1 N–H and O–H groups in total. The number of nitrogens with zero attached hydrogens (tertiary/aromatic N) is 4. The van der Waals surface area contributed by atoms with Crippen molar-refractivity contribution in [3.05, 3.63) is 41.1 Å². The van der Waals surface area contributed by atoms with E-state index < -0.39 is 0 Å². The molecular weight excluding hydrogens is 366 g/mol. The molecule has 7 heteroatoms. The molecular formula is C22H29N5O2. The predicted molar refractivity (Wildman–Crippen MR) is 113 cm³/mol. The van der Waals surface area contributed by atoms with Gasteiger partial charge < -0.3 is 19.7 Å². The summed E-state index contributed by atoms with van der Waals surface area (Å²) in [6.45, 7) is 6.07. The van der Waals surface area contributed by atoms with E-state index in [0.29, 0.717) is 6.04 Å². The van der Waals surface area contributed by atoms with E-state index in [2.05, 4.69) is 27.2 Å². The van der Waals surface area contributed by atoms with Crippen LogP contribution in [0, 0.1) is 0 Å². The molecule has 2 aromatic rings. The number of aromatic nitrogens is 2. The van der Waals surface area contributed by atoms with E-state index in [1.807, 2.05) is 12.1 Å². The van der Waals surface area contributed by atoms with Gasteiger partial charge in [0.15, 0.2) is 0 Å². The van der Waals surface area contributed by atoms with Crippen molar-refractivity contribution >= 4 is 11.8 Å². The molecule has 29 heavy (non-hydrogen) atoms. The van der Waals surface area contributed by atoms with Gasteiger partial charge in [0.1, 0.15) is 11.6 Å². The first-order valence-corrected chi connectivity index (χ1v) is 10.6. The Morgan fingerprint density at radius 1 is 1.10 bits per heavy atom. The molecule has 0 atom stereocenters. The minimum Gasteiger partial charge on any atom is -0.497 e. The molecule has 0 radical (unpaired) electrons. The van der Waals surface area contributed by atoms with Gasteiger partial charge in [0.05, 0.1) is 26.0 Å². The van der Waals surface area contributed by atoms with E-state index in [1.165, 1.54) is 29.7 Å². The number of hydrogen-bond donors (Lipinski definition) is 1. The summed E-state index contributed by atoms with van der Waals surface area (Å²) in [4.78, 5) is 14.7. The van der Waals surface area contributed by atoms with Crippen LogP contribution < -0.4 is 15.0 Å². The summed E-state index contributed by atoms with van der Waals surface area (Å²) in [5.41, 5.74) is 3.78. The summed E-state index contributed by atoms with van der Waals surface area (Å²) in [6, 6.07) is 8.94. The van der Waals surface area contributed by atoms with E-state index in [4.69, 9.17) is 19.4 Å². The quantitative estimate of drug-likeness (QED) is 0.806. The Balaban J connectivity index is 1.36. The van der Waals surface area contributed by atoms with Gasteiger partial charge in [-0.2, -0.15) is 4.98 Å². The molecule has 5 rings (SSSR count). The number of methoxy groups -OCH3 is 1. The Bertz CT molecular complexity index is 847. The molecule has 2 aliphatic heterocycles. The molecule has 0 spiro atoms. The third-order valence-corrected chi connectivity index (χ3v) is 5.90. The van der Waals surface area contributed by atoms with Crippen molar-refractivity contribution in [3.8, 4) is 5.75 Å². The highest BCUT2D eigenvalue weighted by Crippen LogP contribution is 2.31. The largest absolute Gasteiger partial charge is 0.497 e. The van der Waals surface area contributed by atoms with Crippen LogP contribution in [0.1, 0.15) is 29.7 Å². The van der Waals surface area contributed by atoms with Crippen LogP contribution in [0.2, 0.25) is 0 Å². The normalized spacial score (nSPS) is 19.7. The smallest absolute Gasteiger partial charge is 0.227 e. The molecule has 7 nitrogen and oxygen atoms in total. The summed E-state index contributed by atoms with van der Waals surface area (Å²) in [6.07, 6.45) is 3.44. The predicted octanol–water partition coefficient (Wildman–Crippen LogP) is 2.45. The summed E-state index contributed by atoms with van der Waals surface area (Å²) < 4.78 is 10.8. The van der Waals surface area contributed by atoms with Gasteiger partial charge in [0.25, 0.3) is 0 Å². The Kier molecular flexibility index (Phi) is 5.24. The summed E-state index contributed by atoms with van der Waals surface area (Å²) >= 11 is 0. The number of ether oxygens (including phenoxy) is 2. The molecule has 1 saturated carbocycles. The second kappa shape index (κ2) is 8.16. The van der Waals surface area contributed by atoms with Crippen LogP contribution in [0.5, 0.6) is 5.75 Å². The van der Waals surface area contributed by atoms with Crippen LogP contribution >= 0.6 is 0 Å². The van der Waals surface area contributed by atoms with Crippen molar-refractivity contribution in [2.75, 3.05) is 50.2 Å². The van der Waals surface area contributed by atoms with Gasteiger partial charge >= 0.3 is 0 Å². The topological polar surface area (TPSA) is 62.8 Å². The number of fused-ring (bicyclic) bond motifs is 1. The number of hydrogen-bond acceptors (Lipinski definition) is 7. The zero-order valence-electron chi connectivity index (χ0n) is 17.1. The Morgan fingerprint density at radius 2 is 1.90 bits per heavy atom. The Labute approximate surface area is 172 Å². The van der Waals surface area contributed by atoms with E-state index in [1.54, 1.807) is 7.11 Å². The lowest BCUT2D eigenvalue weighted by Crippen LogP contribution is -2.38. The van der Waals surface area contributed by atoms with Gasteiger partial charge in [-0.1, -0.05) is 12.1 Å². The van der Waals surface area contributed by atoms with E-state index in [9.17, 15) is 0 Å². The van der Waals surface area contributed by atoms with Gasteiger partial charge in [-0.25, -0.2) is 4.98 Å². The molecule has 1 saturated heterocycles. The second-order valence-electron chi connectivity index (χ2n) is 8.12. The first kappa shape index (κ1) is 18.6. The van der Waals surface area contributed by atoms with Crippen molar-refractivity contribution in [3.63, 3.8) is 0 Å². The molecule has 0 amide bonds. The molecule has 1 aliphatic carbocycles. The maximum Gasteiger partial charge on any atom is 0.227 e. The highest BCUT2D eigenvalue weighted by molar-refractivity contribution is 5.53. The van der Waals surface area contributed by atoms with Gasteiger partial charge in [-0.3, -0.25) is 4.90 Å². The van der Waals surface area contributed by atoms with Crippen molar-refractivity contribution in [2.24, 2.45) is 0 Å². The third kappa shape index (κ3) is 4.31. The van der Waals surface area contributed by atoms with E-state index in [-0.39, 0.29) is 0 Å². The lowest BCUT2D eigenvalue weighted by atomic mass is 10.0. The molecule has 1 aromatic heterocycles. The van der Waals surface area contributed by atoms with Gasteiger partial charge in [0, 0.05) is 50.7 Å². The van der Waals surface area contributed by atoms with Crippen molar-refractivity contribution < 1.29 is 9.47 Å². The highest BCUT2D eigenvalue weighted by atomic mass is 16.5. The molecule has 2 fully saturated rings. The van der Waals surface area contributed by atoms with Crippen molar-refractivity contribution in [1.82, 2.24) is 14.9 Å². The molecule has 0 bridgehead atoms. The van der Waals surface area contributed by atoms with Gasteiger partial charge in [-0.15, -0.1) is 0 Å². The first-order valence-electron chi connectivity index (χ1n) is 10.6. The maximum atomic E-state index is 5.50.